The fraction of sp³-hybridized carbons (Fsp3) is 0.750. The van der Waals surface area contributed by atoms with E-state index in [0.29, 0.717) is 19.1 Å². The molecule has 2 heterocycles. The molecule has 108 valence electrons. The van der Waals surface area contributed by atoms with Crippen molar-refractivity contribution in [1.82, 2.24) is 10.3 Å². The number of hydrogen-bond donors (Lipinski definition) is 1. The summed E-state index contributed by atoms with van der Waals surface area (Å²) in [5.74, 6) is 0.335. The lowest BCUT2D eigenvalue weighted by Crippen LogP contribution is -2.47. The summed E-state index contributed by atoms with van der Waals surface area (Å²) >= 11 is 0. The number of rotatable bonds is 5. The Morgan fingerprint density at radius 3 is 3.05 bits per heavy atom. The van der Waals surface area contributed by atoms with Crippen LogP contribution in [0.15, 0.2) is 10.7 Å². The molecular weight excluding hydrogens is 266 g/mol. The maximum absolute atomic E-state index is 11.5. The van der Waals surface area contributed by atoms with Crippen LogP contribution in [-0.2, 0) is 16.4 Å². The van der Waals surface area contributed by atoms with Gasteiger partial charge in [0, 0.05) is 19.1 Å². The maximum Gasteiger partial charge on any atom is 0.297 e. The van der Waals surface area contributed by atoms with E-state index in [1.807, 2.05) is 11.8 Å². The lowest BCUT2D eigenvalue weighted by Gasteiger charge is -2.31. The van der Waals surface area contributed by atoms with Crippen LogP contribution in [0.5, 0.6) is 0 Å². The summed E-state index contributed by atoms with van der Waals surface area (Å²) in [6.07, 6.45) is 2.71. The molecule has 19 heavy (non-hydrogen) atoms. The van der Waals surface area contributed by atoms with E-state index in [2.05, 4.69) is 17.2 Å². The summed E-state index contributed by atoms with van der Waals surface area (Å²) in [7, 11) is -2.91. The van der Waals surface area contributed by atoms with E-state index in [1.54, 1.807) is 6.26 Å². The Labute approximate surface area is 114 Å². The second kappa shape index (κ2) is 5.92. The quantitative estimate of drug-likeness (QED) is 0.807. The molecule has 1 aliphatic rings. The van der Waals surface area contributed by atoms with Crippen LogP contribution in [0.3, 0.4) is 0 Å². The minimum atomic E-state index is -2.91. The van der Waals surface area contributed by atoms with Gasteiger partial charge in [0.05, 0.1) is 17.2 Å². The van der Waals surface area contributed by atoms with Gasteiger partial charge in [0.1, 0.15) is 6.26 Å². The van der Waals surface area contributed by atoms with Crippen molar-refractivity contribution in [1.29, 1.82) is 0 Å². The van der Waals surface area contributed by atoms with Crippen LogP contribution in [0, 0.1) is 0 Å². The normalized spacial score (nSPS) is 22.6. The zero-order chi connectivity index (χ0) is 13.9. The van der Waals surface area contributed by atoms with Crippen molar-refractivity contribution in [3.8, 4) is 0 Å². The number of nitrogens with one attached hydrogen (secondary N) is 1. The summed E-state index contributed by atoms with van der Waals surface area (Å²) in [4.78, 5) is 6.33. The standard InChI is InChI=1S/C12H21N3O3S/c1-3-4-13-7-11-8-18-12(14-11)15-5-6-19(16,17)9-10(15)2/h8,10,13H,3-7,9H2,1-2H3. The molecule has 0 bridgehead atoms. The second-order valence-corrected chi connectivity index (χ2v) is 7.18. The highest BCUT2D eigenvalue weighted by Gasteiger charge is 2.30. The van der Waals surface area contributed by atoms with E-state index in [1.165, 1.54) is 0 Å². The molecule has 0 amide bonds. The fourth-order valence-corrected chi connectivity index (χ4v) is 3.74. The van der Waals surface area contributed by atoms with Gasteiger partial charge in [-0.3, -0.25) is 0 Å². The van der Waals surface area contributed by atoms with Gasteiger partial charge in [-0.2, -0.15) is 4.98 Å². The van der Waals surface area contributed by atoms with E-state index in [0.717, 1.165) is 18.7 Å². The van der Waals surface area contributed by atoms with Crippen LogP contribution in [0.1, 0.15) is 26.0 Å². The smallest absolute Gasteiger partial charge is 0.297 e. The molecule has 1 aliphatic heterocycles. The number of oxazole rings is 1. The molecule has 1 N–H and O–H groups in total. The molecule has 0 spiro atoms. The molecule has 1 fully saturated rings. The third kappa shape index (κ3) is 3.70. The zero-order valence-corrected chi connectivity index (χ0v) is 12.2. The van der Waals surface area contributed by atoms with Gasteiger partial charge in [-0.05, 0) is 19.9 Å². The Bertz CT molecular complexity index is 512. The molecule has 0 aliphatic carbocycles. The maximum atomic E-state index is 11.5. The molecule has 1 unspecified atom stereocenters. The summed E-state index contributed by atoms with van der Waals surface area (Å²) in [6, 6.07) is 0.435. The van der Waals surface area contributed by atoms with Crippen molar-refractivity contribution < 1.29 is 12.8 Å². The minimum absolute atomic E-state index is 0.0890. The summed E-state index contributed by atoms with van der Waals surface area (Å²) in [5.41, 5.74) is 0.851. The van der Waals surface area contributed by atoms with Gasteiger partial charge in [0.25, 0.3) is 6.01 Å². The third-order valence-electron chi connectivity index (χ3n) is 3.19. The SMILES string of the molecule is CCCNCc1coc(N2CCS(=O)(=O)CC2C)n1. The summed E-state index contributed by atoms with van der Waals surface area (Å²) in [6.45, 7) is 6.07. The Morgan fingerprint density at radius 1 is 1.58 bits per heavy atom. The van der Waals surface area contributed by atoms with Gasteiger partial charge in [0.15, 0.2) is 9.84 Å². The molecule has 2 rings (SSSR count). The number of anilines is 1. The first-order chi connectivity index (χ1) is 9.02. The van der Waals surface area contributed by atoms with Crippen LogP contribution < -0.4 is 10.2 Å². The lowest BCUT2D eigenvalue weighted by molar-refractivity contribution is 0.503. The van der Waals surface area contributed by atoms with E-state index in [-0.39, 0.29) is 17.5 Å². The van der Waals surface area contributed by atoms with Crippen molar-refractivity contribution in [3.05, 3.63) is 12.0 Å². The van der Waals surface area contributed by atoms with Crippen molar-refractivity contribution >= 4 is 15.9 Å². The van der Waals surface area contributed by atoms with Crippen molar-refractivity contribution in [3.63, 3.8) is 0 Å². The van der Waals surface area contributed by atoms with Crippen molar-refractivity contribution in [2.45, 2.75) is 32.9 Å². The molecule has 1 atom stereocenters. The third-order valence-corrected chi connectivity index (χ3v) is 4.98. The van der Waals surface area contributed by atoms with Crippen LogP contribution in [0.4, 0.5) is 6.01 Å². The topological polar surface area (TPSA) is 75.4 Å². The summed E-state index contributed by atoms with van der Waals surface area (Å²) in [5, 5.41) is 3.26. The minimum Gasteiger partial charge on any atom is -0.432 e. The highest BCUT2D eigenvalue weighted by molar-refractivity contribution is 7.91. The van der Waals surface area contributed by atoms with Crippen LogP contribution in [-0.4, -0.2) is 44.0 Å². The van der Waals surface area contributed by atoms with Gasteiger partial charge in [-0.25, -0.2) is 8.42 Å². The van der Waals surface area contributed by atoms with Gasteiger partial charge < -0.3 is 14.6 Å². The predicted molar refractivity (Wildman–Crippen MR) is 74.0 cm³/mol. The molecule has 0 saturated carbocycles. The van der Waals surface area contributed by atoms with E-state index in [4.69, 9.17) is 4.42 Å². The second-order valence-electron chi connectivity index (χ2n) is 4.95. The molecule has 7 heteroatoms. The number of sulfone groups is 1. The molecule has 0 radical (unpaired) electrons. The van der Waals surface area contributed by atoms with Gasteiger partial charge >= 0.3 is 0 Å². The van der Waals surface area contributed by atoms with E-state index >= 15 is 0 Å². The zero-order valence-electron chi connectivity index (χ0n) is 11.4. The Kier molecular flexibility index (Phi) is 4.46. The van der Waals surface area contributed by atoms with E-state index < -0.39 is 9.84 Å². The molecular formula is C12H21N3O3S. The molecule has 0 aromatic carbocycles. The first kappa shape index (κ1) is 14.3. The Balaban J connectivity index is 1.98. The van der Waals surface area contributed by atoms with E-state index in [9.17, 15) is 8.42 Å². The van der Waals surface area contributed by atoms with Gasteiger partial charge in [-0.15, -0.1) is 0 Å². The first-order valence-corrected chi connectivity index (χ1v) is 8.46. The first-order valence-electron chi connectivity index (χ1n) is 6.64. The van der Waals surface area contributed by atoms with Crippen LogP contribution >= 0.6 is 0 Å². The molecule has 1 aromatic heterocycles. The number of aromatic nitrogens is 1. The monoisotopic (exact) mass is 287 g/mol. The molecule has 1 saturated heterocycles. The summed E-state index contributed by atoms with van der Waals surface area (Å²) < 4.78 is 28.5. The van der Waals surface area contributed by atoms with Gasteiger partial charge in [-0.1, -0.05) is 6.92 Å². The average molecular weight is 287 g/mol. The Hall–Kier alpha value is -1.08. The Morgan fingerprint density at radius 2 is 2.37 bits per heavy atom. The fourth-order valence-electron chi connectivity index (χ4n) is 2.19. The highest BCUT2D eigenvalue weighted by Crippen LogP contribution is 2.20. The predicted octanol–water partition coefficient (Wildman–Crippen LogP) is 0.797. The highest BCUT2D eigenvalue weighted by atomic mass is 32.2. The number of nitrogens with zero attached hydrogens (tertiary/aromatic N) is 2. The van der Waals surface area contributed by atoms with Crippen LogP contribution in [0.2, 0.25) is 0 Å². The lowest BCUT2D eigenvalue weighted by atomic mass is 10.3. The van der Waals surface area contributed by atoms with Gasteiger partial charge in [0.2, 0.25) is 0 Å². The largest absolute Gasteiger partial charge is 0.432 e. The average Bonchev–Trinajstić information content (AvgIpc) is 2.77. The van der Waals surface area contributed by atoms with Crippen molar-refractivity contribution in [2.24, 2.45) is 0 Å². The van der Waals surface area contributed by atoms with Crippen molar-refractivity contribution in [2.75, 3.05) is 29.5 Å². The molecule has 1 aromatic rings. The van der Waals surface area contributed by atoms with Crippen LogP contribution in [0.25, 0.3) is 0 Å². The number of hydrogen-bond acceptors (Lipinski definition) is 6. The molecule has 6 nitrogen and oxygen atoms in total.